The van der Waals surface area contributed by atoms with Crippen molar-refractivity contribution in [2.24, 2.45) is 0 Å². The van der Waals surface area contributed by atoms with Crippen molar-refractivity contribution < 1.29 is 14.7 Å². The number of carboxylic acids is 1. The molecule has 23 heavy (non-hydrogen) atoms. The SMILES string of the molecule is CCN(CC(=O)O)C1CC(NC(=O)c2nccn3ccnc23)C1. The van der Waals surface area contributed by atoms with E-state index in [0.29, 0.717) is 17.9 Å². The highest BCUT2D eigenvalue weighted by molar-refractivity contribution is 5.97. The molecule has 122 valence electrons. The number of carbonyl (C=O) groups is 2. The fourth-order valence-electron chi connectivity index (χ4n) is 2.94. The number of carbonyl (C=O) groups excluding carboxylic acids is 1. The molecule has 0 aliphatic heterocycles. The average Bonchev–Trinajstić information content (AvgIpc) is 2.96. The fourth-order valence-corrected chi connectivity index (χ4v) is 2.94. The number of hydrogen-bond donors (Lipinski definition) is 2. The van der Waals surface area contributed by atoms with Gasteiger partial charge in [0.1, 0.15) is 0 Å². The molecule has 8 nitrogen and oxygen atoms in total. The van der Waals surface area contributed by atoms with E-state index >= 15 is 0 Å². The van der Waals surface area contributed by atoms with Crippen molar-refractivity contribution in [1.82, 2.24) is 24.6 Å². The molecule has 2 aromatic heterocycles. The van der Waals surface area contributed by atoms with Crippen LogP contribution in [-0.2, 0) is 4.79 Å². The number of aliphatic carboxylic acids is 1. The minimum absolute atomic E-state index is 0.0385. The summed E-state index contributed by atoms with van der Waals surface area (Å²) in [5.41, 5.74) is 0.834. The summed E-state index contributed by atoms with van der Waals surface area (Å²) in [6, 6.07) is 0.254. The van der Waals surface area contributed by atoms with Gasteiger partial charge in [-0.2, -0.15) is 0 Å². The first-order valence-electron chi connectivity index (χ1n) is 7.63. The molecule has 0 unspecified atom stereocenters. The normalized spacial score (nSPS) is 20.4. The van der Waals surface area contributed by atoms with Crippen LogP contribution in [-0.4, -0.2) is 61.4 Å². The molecule has 3 rings (SSSR count). The maximum absolute atomic E-state index is 12.3. The zero-order valence-corrected chi connectivity index (χ0v) is 12.8. The molecule has 2 N–H and O–H groups in total. The number of fused-ring (bicyclic) bond motifs is 1. The predicted molar refractivity (Wildman–Crippen MR) is 82.1 cm³/mol. The Balaban J connectivity index is 1.58. The van der Waals surface area contributed by atoms with Gasteiger partial charge < -0.3 is 14.8 Å². The number of hydrogen-bond acceptors (Lipinski definition) is 5. The van der Waals surface area contributed by atoms with E-state index < -0.39 is 5.97 Å². The van der Waals surface area contributed by atoms with Crippen LogP contribution >= 0.6 is 0 Å². The lowest BCUT2D eigenvalue weighted by Gasteiger charge is -2.42. The highest BCUT2D eigenvalue weighted by Gasteiger charge is 2.35. The molecular formula is C15H19N5O3. The number of rotatable bonds is 6. The minimum Gasteiger partial charge on any atom is -0.480 e. The molecule has 1 fully saturated rings. The molecule has 1 aliphatic rings. The van der Waals surface area contributed by atoms with Gasteiger partial charge in [0.2, 0.25) is 0 Å². The van der Waals surface area contributed by atoms with Gasteiger partial charge in [-0.1, -0.05) is 6.92 Å². The zero-order chi connectivity index (χ0) is 16.4. The number of amides is 1. The second-order valence-electron chi connectivity index (χ2n) is 5.69. The lowest BCUT2D eigenvalue weighted by Crippen LogP contribution is -2.54. The van der Waals surface area contributed by atoms with E-state index in [1.807, 2.05) is 11.8 Å². The number of nitrogens with zero attached hydrogens (tertiary/aromatic N) is 4. The maximum Gasteiger partial charge on any atom is 0.317 e. The summed E-state index contributed by atoms with van der Waals surface area (Å²) >= 11 is 0. The van der Waals surface area contributed by atoms with Gasteiger partial charge in [-0.05, 0) is 19.4 Å². The minimum atomic E-state index is -0.825. The van der Waals surface area contributed by atoms with Gasteiger partial charge in [0.05, 0.1) is 6.54 Å². The first-order chi connectivity index (χ1) is 11.1. The van der Waals surface area contributed by atoms with Crippen LogP contribution in [0, 0.1) is 0 Å². The Morgan fingerprint density at radius 3 is 2.70 bits per heavy atom. The topological polar surface area (TPSA) is 99.8 Å². The molecule has 2 heterocycles. The van der Waals surface area contributed by atoms with Gasteiger partial charge in [0.15, 0.2) is 11.3 Å². The first-order valence-corrected chi connectivity index (χ1v) is 7.63. The van der Waals surface area contributed by atoms with E-state index in [2.05, 4.69) is 15.3 Å². The van der Waals surface area contributed by atoms with Crippen LogP contribution in [0.15, 0.2) is 24.8 Å². The Morgan fingerprint density at radius 2 is 2.04 bits per heavy atom. The summed E-state index contributed by atoms with van der Waals surface area (Å²) in [7, 11) is 0. The Hall–Kier alpha value is -2.48. The molecule has 0 aromatic carbocycles. The Bertz CT molecular complexity index is 723. The molecule has 0 atom stereocenters. The van der Waals surface area contributed by atoms with E-state index in [1.165, 1.54) is 0 Å². The highest BCUT2D eigenvalue weighted by Crippen LogP contribution is 2.25. The molecule has 8 heteroatoms. The highest BCUT2D eigenvalue weighted by atomic mass is 16.4. The summed E-state index contributed by atoms with van der Waals surface area (Å²) in [5.74, 6) is -1.07. The summed E-state index contributed by atoms with van der Waals surface area (Å²) in [6.07, 6.45) is 8.20. The maximum atomic E-state index is 12.3. The van der Waals surface area contributed by atoms with E-state index in [1.54, 1.807) is 29.2 Å². The van der Waals surface area contributed by atoms with Crippen LogP contribution in [0.5, 0.6) is 0 Å². The van der Waals surface area contributed by atoms with Gasteiger partial charge in [-0.3, -0.25) is 14.5 Å². The number of imidazole rings is 1. The van der Waals surface area contributed by atoms with Crippen LogP contribution in [0.4, 0.5) is 0 Å². The Morgan fingerprint density at radius 1 is 1.35 bits per heavy atom. The van der Waals surface area contributed by atoms with Crippen molar-refractivity contribution in [3.63, 3.8) is 0 Å². The van der Waals surface area contributed by atoms with Crippen molar-refractivity contribution in [3.8, 4) is 0 Å². The molecule has 2 aromatic rings. The predicted octanol–water partition coefficient (Wildman–Crippen LogP) is 0.397. The Labute approximate surface area is 133 Å². The summed E-state index contributed by atoms with van der Waals surface area (Å²) in [5, 5.41) is 11.8. The van der Waals surface area contributed by atoms with E-state index in [9.17, 15) is 9.59 Å². The lowest BCUT2D eigenvalue weighted by molar-refractivity contribution is -0.139. The molecule has 1 saturated carbocycles. The third-order valence-corrected chi connectivity index (χ3v) is 4.24. The summed E-state index contributed by atoms with van der Waals surface area (Å²) in [4.78, 5) is 33.4. The van der Waals surface area contributed by atoms with Crippen LogP contribution in [0.25, 0.3) is 5.65 Å². The van der Waals surface area contributed by atoms with E-state index in [4.69, 9.17) is 5.11 Å². The van der Waals surface area contributed by atoms with Crippen molar-refractivity contribution >= 4 is 17.5 Å². The largest absolute Gasteiger partial charge is 0.480 e. The van der Waals surface area contributed by atoms with Gasteiger partial charge in [-0.15, -0.1) is 0 Å². The quantitative estimate of drug-likeness (QED) is 0.800. The molecular weight excluding hydrogens is 298 g/mol. The third kappa shape index (κ3) is 3.16. The second kappa shape index (κ2) is 6.33. The van der Waals surface area contributed by atoms with Gasteiger partial charge >= 0.3 is 5.97 Å². The van der Waals surface area contributed by atoms with Crippen LogP contribution in [0.1, 0.15) is 30.3 Å². The van der Waals surface area contributed by atoms with E-state index in [-0.39, 0.29) is 24.5 Å². The first kappa shape index (κ1) is 15.4. The number of likely N-dealkylation sites (N-methyl/N-ethyl adjacent to an activating group) is 1. The van der Waals surface area contributed by atoms with Crippen molar-refractivity contribution in [1.29, 1.82) is 0 Å². The van der Waals surface area contributed by atoms with E-state index in [0.717, 1.165) is 12.8 Å². The van der Waals surface area contributed by atoms with Crippen molar-refractivity contribution in [2.45, 2.75) is 31.8 Å². The number of aromatic nitrogens is 3. The molecule has 1 amide bonds. The lowest BCUT2D eigenvalue weighted by atomic mass is 9.85. The average molecular weight is 317 g/mol. The van der Waals surface area contributed by atoms with Crippen LogP contribution in [0.3, 0.4) is 0 Å². The molecule has 0 radical (unpaired) electrons. The summed E-state index contributed by atoms with van der Waals surface area (Å²) in [6.45, 7) is 2.67. The molecule has 1 aliphatic carbocycles. The number of nitrogens with one attached hydrogen (secondary N) is 1. The molecule has 0 spiro atoms. The second-order valence-corrected chi connectivity index (χ2v) is 5.69. The van der Waals surface area contributed by atoms with Gasteiger partial charge in [0.25, 0.3) is 5.91 Å². The zero-order valence-electron chi connectivity index (χ0n) is 12.8. The Kier molecular flexibility index (Phi) is 4.24. The standard InChI is InChI=1S/C15H19N5O3/c1-2-19(9-12(21)22)11-7-10(8-11)18-15(23)13-14-17-4-6-20(14)5-3-16-13/h3-6,10-11H,2,7-9H2,1H3,(H,18,23)(H,21,22). The fraction of sp³-hybridized carbons (Fsp3) is 0.467. The molecule has 0 bridgehead atoms. The van der Waals surface area contributed by atoms with Gasteiger partial charge in [0, 0.05) is 36.9 Å². The summed E-state index contributed by atoms with van der Waals surface area (Å²) < 4.78 is 1.75. The van der Waals surface area contributed by atoms with Crippen molar-refractivity contribution in [3.05, 3.63) is 30.5 Å². The molecule has 0 saturated heterocycles. The number of carboxylic acid groups (broad SMARTS) is 1. The van der Waals surface area contributed by atoms with Gasteiger partial charge in [-0.25, -0.2) is 9.97 Å². The van der Waals surface area contributed by atoms with Crippen LogP contribution in [0.2, 0.25) is 0 Å². The smallest absolute Gasteiger partial charge is 0.317 e. The van der Waals surface area contributed by atoms with Crippen LogP contribution < -0.4 is 5.32 Å². The third-order valence-electron chi connectivity index (χ3n) is 4.24. The monoisotopic (exact) mass is 317 g/mol. The van der Waals surface area contributed by atoms with Crippen molar-refractivity contribution in [2.75, 3.05) is 13.1 Å².